The number of nitrogens with zero attached hydrogens (tertiary/aromatic N) is 1. The number of carbonyl (C=O) groups is 3. The fourth-order valence-electron chi connectivity index (χ4n) is 2.96. The van der Waals surface area contributed by atoms with Crippen molar-refractivity contribution >= 4 is 17.8 Å². The van der Waals surface area contributed by atoms with Crippen LogP contribution in [-0.4, -0.2) is 28.8 Å². The summed E-state index contributed by atoms with van der Waals surface area (Å²) >= 11 is 0. The first-order chi connectivity index (χ1) is 13.0. The number of rotatable bonds is 7. The van der Waals surface area contributed by atoms with Crippen molar-refractivity contribution in [1.82, 2.24) is 10.4 Å². The molecule has 0 radical (unpaired) electrons. The number of hydrogen-bond acceptors (Lipinski definition) is 5. The average Bonchev–Trinajstić information content (AvgIpc) is 2.91. The predicted molar refractivity (Wildman–Crippen MR) is 99.6 cm³/mol. The largest absolute Gasteiger partial charge is 0.460 e. The van der Waals surface area contributed by atoms with Crippen LogP contribution in [0, 0.1) is 5.92 Å². The Morgan fingerprint density at radius 1 is 0.963 bits per heavy atom. The lowest BCUT2D eigenvalue weighted by molar-refractivity contribution is -0.149. The number of nitrogens with one attached hydrogen (secondary N) is 1. The second-order valence-electron chi connectivity index (χ2n) is 6.90. The molecule has 1 atom stereocenters. The van der Waals surface area contributed by atoms with E-state index in [-0.39, 0.29) is 12.5 Å². The highest BCUT2D eigenvalue weighted by Crippen LogP contribution is 2.22. The zero-order valence-electron chi connectivity index (χ0n) is 15.3. The summed E-state index contributed by atoms with van der Waals surface area (Å²) in [5.41, 5.74) is 4.32. The van der Waals surface area contributed by atoms with Crippen molar-refractivity contribution in [3.05, 3.63) is 71.3 Å². The molecule has 6 heteroatoms. The van der Waals surface area contributed by atoms with Crippen molar-refractivity contribution in [2.75, 3.05) is 0 Å². The summed E-state index contributed by atoms with van der Waals surface area (Å²) in [6.07, 6.45) is 0.432. The molecule has 1 aliphatic rings. The van der Waals surface area contributed by atoms with E-state index >= 15 is 0 Å². The van der Waals surface area contributed by atoms with E-state index in [9.17, 15) is 14.4 Å². The van der Waals surface area contributed by atoms with Gasteiger partial charge in [-0.15, -0.1) is 0 Å². The van der Waals surface area contributed by atoms with E-state index in [0.29, 0.717) is 17.5 Å². The molecule has 2 aromatic carbocycles. The van der Waals surface area contributed by atoms with Crippen LogP contribution in [0.25, 0.3) is 0 Å². The molecular formula is C21H22N2O4. The summed E-state index contributed by atoms with van der Waals surface area (Å²) in [6.45, 7) is 4.06. The molecule has 0 saturated heterocycles. The number of hydrazine groups is 1. The molecule has 140 valence electrons. The molecule has 3 rings (SSSR count). The van der Waals surface area contributed by atoms with Gasteiger partial charge in [-0.05, 0) is 30.0 Å². The van der Waals surface area contributed by atoms with Crippen molar-refractivity contribution in [3.8, 4) is 0 Å². The fourth-order valence-corrected chi connectivity index (χ4v) is 2.96. The molecule has 2 aromatic rings. The van der Waals surface area contributed by atoms with E-state index in [2.05, 4.69) is 5.43 Å². The molecule has 1 N–H and O–H groups in total. The highest BCUT2D eigenvalue weighted by molar-refractivity contribution is 6.21. The average molecular weight is 366 g/mol. The van der Waals surface area contributed by atoms with Gasteiger partial charge in [0.15, 0.2) is 0 Å². The van der Waals surface area contributed by atoms with Gasteiger partial charge in [-0.1, -0.05) is 56.3 Å². The normalized spacial score (nSPS) is 14.4. The molecule has 0 spiro atoms. The van der Waals surface area contributed by atoms with E-state index in [1.807, 2.05) is 44.2 Å². The molecule has 2 amide bonds. The number of hydrogen-bond donors (Lipinski definition) is 1. The second kappa shape index (κ2) is 8.14. The van der Waals surface area contributed by atoms with E-state index in [1.165, 1.54) is 0 Å². The Morgan fingerprint density at radius 2 is 1.52 bits per heavy atom. The maximum atomic E-state index is 12.6. The third-order valence-electron chi connectivity index (χ3n) is 4.29. The highest BCUT2D eigenvalue weighted by Gasteiger charge is 2.38. The zero-order chi connectivity index (χ0) is 19.4. The number of amides is 2. The molecule has 1 heterocycles. The summed E-state index contributed by atoms with van der Waals surface area (Å²) < 4.78 is 5.40. The van der Waals surface area contributed by atoms with Gasteiger partial charge in [-0.3, -0.25) is 14.4 Å². The lowest BCUT2D eigenvalue weighted by Gasteiger charge is -2.24. The van der Waals surface area contributed by atoms with Gasteiger partial charge in [0.05, 0.1) is 11.1 Å². The lowest BCUT2D eigenvalue weighted by Crippen LogP contribution is -2.52. The molecule has 0 saturated carbocycles. The minimum absolute atomic E-state index is 0.137. The van der Waals surface area contributed by atoms with Crippen molar-refractivity contribution in [2.24, 2.45) is 5.92 Å². The van der Waals surface area contributed by atoms with Crippen LogP contribution in [0.5, 0.6) is 0 Å². The van der Waals surface area contributed by atoms with Crippen LogP contribution in [0.1, 0.15) is 46.5 Å². The van der Waals surface area contributed by atoms with Crippen molar-refractivity contribution in [2.45, 2.75) is 32.9 Å². The molecule has 6 nitrogen and oxygen atoms in total. The van der Waals surface area contributed by atoms with Gasteiger partial charge in [-0.2, -0.15) is 0 Å². The van der Waals surface area contributed by atoms with Gasteiger partial charge in [0, 0.05) is 0 Å². The smallest absolute Gasteiger partial charge is 0.325 e. The second-order valence-corrected chi connectivity index (χ2v) is 6.90. The van der Waals surface area contributed by atoms with E-state index < -0.39 is 23.8 Å². The summed E-state index contributed by atoms with van der Waals surface area (Å²) in [4.78, 5) is 37.6. The third-order valence-corrected chi connectivity index (χ3v) is 4.29. The molecule has 0 aliphatic carbocycles. The van der Waals surface area contributed by atoms with Gasteiger partial charge in [0.2, 0.25) is 0 Å². The maximum Gasteiger partial charge on any atom is 0.325 e. The summed E-state index contributed by atoms with van der Waals surface area (Å²) in [6, 6.07) is 15.2. The Kier molecular flexibility index (Phi) is 5.66. The van der Waals surface area contributed by atoms with Crippen LogP contribution in [0.2, 0.25) is 0 Å². The van der Waals surface area contributed by atoms with E-state index in [4.69, 9.17) is 4.74 Å². The molecule has 1 aliphatic heterocycles. The van der Waals surface area contributed by atoms with E-state index in [1.54, 1.807) is 24.3 Å². The SMILES string of the molecule is CC(C)C[C@@H](NN1C(=O)c2ccccc2C1=O)C(=O)OCc1ccccc1. The van der Waals surface area contributed by atoms with Crippen LogP contribution >= 0.6 is 0 Å². The minimum atomic E-state index is -0.795. The Bertz CT molecular complexity index is 813. The minimum Gasteiger partial charge on any atom is -0.460 e. The summed E-state index contributed by atoms with van der Waals surface area (Å²) in [7, 11) is 0. The Hall–Kier alpha value is -2.99. The summed E-state index contributed by atoms with van der Waals surface area (Å²) in [5.74, 6) is -1.24. The van der Waals surface area contributed by atoms with Crippen LogP contribution in [0.4, 0.5) is 0 Å². The van der Waals surface area contributed by atoms with Crippen LogP contribution in [-0.2, 0) is 16.1 Å². The molecule has 0 unspecified atom stereocenters. The molecule has 0 fully saturated rings. The lowest BCUT2D eigenvalue weighted by atomic mass is 10.0. The number of benzene rings is 2. The van der Waals surface area contributed by atoms with Gasteiger partial charge in [-0.25, -0.2) is 10.4 Å². The van der Waals surface area contributed by atoms with Gasteiger partial charge >= 0.3 is 5.97 Å². The topological polar surface area (TPSA) is 75.7 Å². The van der Waals surface area contributed by atoms with Crippen molar-refractivity contribution in [1.29, 1.82) is 0 Å². The fraction of sp³-hybridized carbons (Fsp3) is 0.286. The van der Waals surface area contributed by atoms with Gasteiger partial charge < -0.3 is 4.74 Å². The van der Waals surface area contributed by atoms with Crippen molar-refractivity contribution in [3.63, 3.8) is 0 Å². The number of esters is 1. The Balaban J connectivity index is 1.71. The van der Waals surface area contributed by atoms with Crippen molar-refractivity contribution < 1.29 is 19.1 Å². The first-order valence-electron chi connectivity index (χ1n) is 8.92. The number of ether oxygens (including phenoxy) is 1. The van der Waals surface area contributed by atoms with Crippen LogP contribution in [0.15, 0.2) is 54.6 Å². The monoisotopic (exact) mass is 366 g/mol. The zero-order valence-corrected chi connectivity index (χ0v) is 15.3. The predicted octanol–water partition coefficient (Wildman–Crippen LogP) is 2.95. The highest BCUT2D eigenvalue weighted by atomic mass is 16.5. The Labute approximate surface area is 158 Å². The molecule has 0 bridgehead atoms. The number of imide groups is 1. The van der Waals surface area contributed by atoms with Gasteiger partial charge in [0.1, 0.15) is 12.6 Å². The van der Waals surface area contributed by atoms with Crippen LogP contribution < -0.4 is 5.43 Å². The number of fused-ring (bicyclic) bond motifs is 1. The Morgan fingerprint density at radius 3 is 2.07 bits per heavy atom. The molecule has 27 heavy (non-hydrogen) atoms. The first kappa shape index (κ1) is 18.8. The maximum absolute atomic E-state index is 12.6. The van der Waals surface area contributed by atoms with Gasteiger partial charge in [0.25, 0.3) is 11.8 Å². The molecule has 0 aromatic heterocycles. The van der Waals surface area contributed by atoms with E-state index in [0.717, 1.165) is 10.6 Å². The van der Waals surface area contributed by atoms with Crippen LogP contribution in [0.3, 0.4) is 0 Å². The first-order valence-corrected chi connectivity index (χ1v) is 8.92. The number of carbonyl (C=O) groups excluding carboxylic acids is 3. The molecular weight excluding hydrogens is 344 g/mol. The third kappa shape index (κ3) is 4.23. The quantitative estimate of drug-likeness (QED) is 0.602. The summed E-state index contributed by atoms with van der Waals surface area (Å²) in [5, 5.41) is 0.918. The standard InChI is InChI=1S/C21H22N2O4/c1-14(2)12-18(21(26)27-13-15-8-4-3-5-9-15)22-23-19(24)16-10-6-7-11-17(16)20(23)25/h3-11,14,18,22H,12-13H2,1-2H3/t18-/m1/s1.